The van der Waals surface area contributed by atoms with Crippen LogP contribution in [0.25, 0.3) is 0 Å². The van der Waals surface area contributed by atoms with E-state index in [4.69, 9.17) is 28.3 Å². The van der Waals surface area contributed by atoms with Crippen LogP contribution in [0.4, 0.5) is 24.5 Å². The van der Waals surface area contributed by atoms with Gasteiger partial charge in [-0.15, -0.1) is 0 Å². The molecule has 0 saturated carbocycles. The minimum Gasteiger partial charge on any atom is -0.396 e. The molecule has 30 heavy (non-hydrogen) atoms. The molecular weight excluding hydrogens is 440 g/mol. The van der Waals surface area contributed by atoms with E-state index in [-0.39, 0.29) is 46.6 Å². The third-order valence-corrected chi connectivity index (χ3v) is 5.14. The van der Waals surface area contributed by atoms with Gasteiger partial charge in [0.25, 0.3) is 0 Å². The molecule has 2 aromatic rings. The molecule has 164 valence electrons. The van der Waals surface area contributed by atoms with Crippen LogP contribution in [-0.4, -0.2) is 23.7 Å². The molecular formula is C21H23Cl2F3N2O2. The van der Waals surface area contributed by atoms with E-state index >= 15 is 0 Å². The highest BCUT2D eigenvalue weighted by atomic mass is 35.5. The number of hydrogen-bond acceptors (Lipinski definition) is 3. The molecule has 1 atom stereocenters. The molecule has 0 saturated heterocycles. The number of hydrogen-bond donors (Lipinski definition) is 3. The third-order valence-electron chi connectivity index (χ3n) is 4.55. The van der Waals surface area contributed by atoms with Crippen LogP contribution in [0.3, 0.4) is 0 Å². The van der Waals surface area contributed by atoms with Gasteiger partial charge in [0.05, 0.1) is 27.7 Å². The zero-order valence-electron chi connectivity index (χ0n) is 16.5. The molecule has 0 aliphatic carbocycles. The summed E-state index contributed by atoms with van der Waals surface area (Å²) in [6, 6.07) is 8.33. The number of rotatable bonds is 8. The van der Waals surface area contributed by atoms with Gasteiger partial charge in [0, 0.05) is 18.3 Å². The van der Waals surface area contributed by atoms with Gasteiger partial charge in [0.1, 0.15) is 0 Å². The lowest BCUT2D eigenvalue weighted by Crippen LogP contribution is -2.40. The molecule has 9 heteroatoms. The number of aliphatic hydroxyl groups excluding tert-OH is 1. The molecule has 1 unspecified atom stereocenters. The van der Waals surface area contributed by atoms with E-state index in [1.54, 1.807) is 24.3 Å². The molecule has 0 heterocycles. The second kappa shape index (κ2) is 10.4. The summed E-state index contributed by atoms with van der Waals surface area (Å²) in [5.41, 5.74) is 0.558. The van der Waals surface area contributed by atoms with Gasteiger partial charge in [-0.3, -0.25) is 4.79 Å². The average Bonchev–Trinajstić information content (AvgIpc) is 2.64. The summed E-state index contributed by atoms with van der Waals surface area (Å²) in [4.78, 5) is 12.2. The van der Waals surface area contributed by atoms with Crippen molar-refractivity contribution in [2.75, 3.05) is 11.9 Å². The topological polar surface area (TPSA) is 61.4 Å². The van der Waals surface area contributed by atoms with E-state index in [1.807, 2.05) is 13.8 Å². The van der Waals surface area contributed by atoms with Crippen molar-refractivity contribution in [2.24, 2.45) is 5.92 Å². The van der Waals surface area contributed by atoms with E-state index in [0.29, 0.717) is 12.1 Å². The minimum absolute atomic E-state index is 0.00143. The number of nitrogens with one attached hydrogen (secondary N) is 2. The zero-order chi connectivity index (χ0) is 22.5. The molecule has 0 spiro atoms. The molecule has 0 aliphatic heterocycles. The van der Waals surface area contributed by atoms with Crippen molar-refractivity contribution in [1.82, 2.24) is 5.32 Å². The number of halogens is 5. The maximum Gasteiger partial charge on any atom is 0.416 e. The molecule has 0 aliphatic rings. The summed E-state index contributed by atoms with van der Waals surface area (Å²) in [5, 5.41) is 14.6. The first-order valence-electron chi connectivity index (χ1n) is 9.33. The Labute approximate surface area is 183 Å². The maximum absolute atomic E-state index is 12.8. The number of aliphatic hydroxyl groups is 1. The molecule has 1 amide bonds. The van der Waals surface area contributed by atoms with Crippen LogP contribution in [0.15, 0.2) is 36.4 Å². The van der Waals surface area contributed by atoms with Crippen molar-refractivity contribution in [3.63, 3.8) is 0 Å². The van der Waals surface area contributed by atoms with Crippen LogP contribution < -0.4 is 10.6 Å². The SMILES string of the molecule is CC(C)C(CCO)NC(=O)Cc1ccc(Nc2c(Cl)cc(C(F)(F)F)cc2Cl)cc1. The number of benzene rings is 2. The van der Waals surface area contributed by atoms with Crippen LogP contribution in [-0.2, 0) is 17.4 Å². The lowest BCUT2D eigenvalue weighted by molar-refractivity contribution is -0.137. The quantitative estimate of drug-likeness (QED) is 0.462. The number of anilines is 2. The fourth-order valence-electron chi connectivity index (χ4n) is 2.86. The van der Waals surface area contributed by atoms with Crippen molar-refractivity contribution in [1.29, 1.82) is 0 Å². The van der Waals surface area contributed by atoms with Crippen molar-refractivity contribution in [3.05, 3.63) is 57.6 Å². The van der Waals surface area contributed by atoms with Gasteiger partial charge in [-0.1, -0.05) is 49.2 Å². The Morgan fingerprint density at radius 1 is 1.10 bits per heavy atom. The van der Waals surface area contributed by atoms with Crippen molar-refractivity contribution >= 4 is 40.5 Å². The molecule has 4 nitrogen and oxygen atoms in total. The predicted octanol–water partition coefficient (Wildman–Crippen LogP) is 5.82. The molecule has 0 radical (unpaired) electrons. The lowest BCUT2D eigenvalue weighted by Gasteiger charge is -2.21. The molecule has 0 fully saturated rings. The van der Waals surface area contributed by atoms with Crippen molar-refractivity contribution in [3.8, 4) is 0 Å². The highest BCUT2D eigenvalue weighted by Gasteiger charge is 2.32. The largest absolute Gasteiger partial charge is 0.416 e. The Morgan fingerprint density at radius 3 is 2.13 bits per heavy atom. The predicted molar refractivity (Wildman–Crippen MR) is 113 cm³/mol. The zero-order valence-corrected chi connectivity index (χ0v) is 18.0. The second-order valence-corrected chi connectivity index (χ2v) is 8.06. The summed E-state index contributed by atoms with van der Waals surface area (Å²) in [6.07, 6.45) is -3.89. The van der Waals surface area contributed by atoms with Gasteiger partial charge in [0.15, 0.2) is 0 Å². The van der Waals surface area contributed by atoms with E-state index in [9.17, 15) is 18.0 Å². The molecule has 2 rings (SSSR count). The van der Waals surface area contributed by atoms with E-state index < -0.39 is 11.7 Å². The Kier molecular flexibility index (Phi) is 8.41. The standard InChI is InChI=1S/C21H23Cl2F3N2O2/c1-12(2)18(7-8-29)28-19(30)9-13-3-5-15(6-4-13)27-20-16(22)10-14(11-17(20)23)21(24,25)26/h3-6,10-12,18,27,29H,7-9H2,1-2H3,(H,28,30). The highest BCUT2D eigenvalue weighted by molar-refractivity contribution is 6.39. The Bertz CT molecular complexity index is 849. The van der Waals surface area contributed by atoms with Gasteiger partial charge in [-0.25, -0.2) is 0 Å². The summed E-state index contributed by atoms with van der Waals surface area (Å²) in [7, 11) is 0. The maximum atomic E-state index is 12.8. The second-order valence-electron chi connectivity index (χ2n) is 7.24. The fourth-order valence-corrected chi connectivity index (χ4v) is 3.44. The van der Waals surface area contributed by atoms with Gasteiger partial charge < -0.3 is 15.7 Å². The van der Waals surface area contributed by atoms with Gasteiger partial charge in [-0.2, -0.15) is 13.2 Å². The van der Waals surface area contributed by atoms with Crippen LogP contribution in [0, 0.1) is 5.92 Å². The Hall–Kier alpha value is -1.96. The van der Waals surface area contributed by atoms with Crippen LogP contribution in [0.5, 0.6) is 0 Å². The summed E-state index contributed by atoms with van der Waals surface area (Å²) in [6.45, 7) is 3.94. The number of alkyl halides is 3. The van der Waals surface area contributed by atoms with Crippen LogP contribution >= 0.6 is 23.2 Å². The average molecular weight is 463 g/mol. The van der Waals surface area contributed by atoms with Crippen LogP contribution in [0.1, 0.15) is 31.4 Å². The lowest BCUT2D eigenvalue weighted by atomic mass is 10.0. The van der Waals surface area contributed by atoms with Gasteiger partial charge in [0.2, 0.25) is 5.91 Å². The van der Waals surface area contributed by atoms with E-state index in [1.165, 1.54) is 0 Å². The first-order valence-corrected chi connectivity index (χ1v) is 10.1. The summed E-state index contributed by atoms with van der Waals surface area (Å²) >= 11 is 11.9. The first-order chi connectivity index (χ1) is 14.0. The monoisotopic (exact) mass is 462 g/mol. The van der Waals surface area contributed by atoms with Gasteiger partial charge >= 0.3 is 6.18 Å². The molecule has 2 aromatic carbocycles. The van der Waals surface area contributed by atoms with Crippen molar-refractivity contribution in [2.45, 2.75) is 38.9 Å². The minimum atomic E-state index is -4.54. The highest BCUT2D eigenvalue weighted by Crippen LogP contribution is 2.39. The fraction of sp³-hybridized carbons (Fsp3) is 0.381. The van der Waals surface area contributed by atoms with Gasteiger partial charge in [-0.05, 0) is 42.2 Å². The van der Waals surface area contributed by atoms with E-state index in [2.05, 4.69) is 10.6 Å². The summed E-state index contributed by atoms with van der Waals surface area (Å²) < 4.78 is 38.5. The molecule has 3 N–H and O–H groups in total. The first kappa shape index (κ1) is 24.3. The number of carbonyl (C=O) groups is 1. The molecule has 0 aromatic heterocycles. The number of amides is 1. The third kappa shape index (κ3) is 6.79. The smallest absolute Gasteiger partial charge is 0.396 e. The Morgan fingerprint density at radius 2 is 1.67 bits per heavy atom. The van der Waals surface area contributed by atoms with Crippen LogP contribution in [0.2, 0.25) is 10.0 Å². The van der Waals surface area contributed by atoms with Crippen molar-refractivity contribution < 1.29 is 23.1 Å². The number of carbonyl (C=O) groups excluding carboxylic acids is 1. The normalized spacial score (nSPS) is 12.7. The summed E-state index contributed by atoms with van der Waals surface area (Å²) in [5.74, 6) is 0.0441. The molecule has 0 bridgehead atoms. The van der Waals surface area contributed by atoms with E-state index in [0.717, 1.165) is 17.7 Å². The Balaban J connectivity index is 2.05.